The molecule has 28 heavy (non-hydrogen) atoms. The molecule has 0 bridgehead atoms. The van der Waals surface area contributed by atoms with E-state index in [0.29, 0.717) is 22.9 Å². The number of rotatable bonds is 7. The first kappa shape index (κ1) is 20.5. The van der Waals surface area contributed by atoms with Gasteiger partial charge in [-0.3, -0.25) is 9.59 Å². The number of halogens is 1. The zero-order chi connectivity index (χ0) is 20.3. The maximum Gasteiger partial charge on any atom is 0.326 e. The highest BCUT2D eigenvalue weighted by atomic mass is 32.2. The van der Waals surface area contributed by atoms with Crippen molar-refractivity contribution in [1.29, 1.82) is 0 Å². The Labute approximate surface area is 161 Å². The number of hydrogen-bond acceptors (Lipinski definition) is 7. The maximum absolute atomic E-state index is 15.4. The normalized spacial score (nSPS) is 18.6. The van der Waals surface area contributed by atoms with E-state index in [9.17, 15) is 18.0 Å². The van der Waals surface area contributed by atoms with Gasteiger partial charge in [0, 0.05) is 20.0 Å². The number of amides is 1. The monoisotopic (exact) mass is 416 g/mol. The fourth-order valence-electron chi connectivity index (χ4n) is 3.16. The van der Waals surface area contributed by atoms with E-state index in [1.165, 1.54) is 13.2 Å². The van der Waals surface area contributed by atoms with E-state index in [-0.39, 0.29) is 55.4 Å². The Kier molecular flexibility index (Phi) is 6.16. The average Bonchev–Trinajstić information content (AvgIpc) is 2.78. The van der Waals surface area contributed by atoms with Gasteiger partial charge in [-0.15, -0.1) is 0 Å². The highest BCUT2D eigenvalue weighted by molar-refractivity contribution is 7.92. The van der Waals surface area contributed by atoms with E-state index in [0.717, 1.165) is 0 Å². The van der Waals surface area contributed by atoms with Gasteiger partial charge < -0.3 is 14.2 Å². The molecule has 1 saturated heterocycles. The third kappa shape index (κ3) is 4.26. The first-order valence-corrected chi connectivity index (χ1v) is 10.2. The van der Waals surface area contributed by atoms with E-state index < -0.39 is 28.5 Å². The number of carbonyl (C=O) groups excluding carboxylic acids is 2. The maximum atomic E-state index is 15.4. The molecule has 1 amide bonds. The number of nitrogens with one attached hydrogen (secondary N) is 1. The number of methoxy groups -OCH3 is 1. The van der Waals surface area contributed by atoms with Gasteiger partial charge in [0.25, 0.3) is 5.91 Å². The van der Waals surface area contributed by atoms with Crippen LogP contribution in [-0.4, -0.2) is 53.8 Å². The van der Waals surface area contributed by atoms with Crippen molar-refractivity contribution in [2.75, 3.05) is 38.0 Å². The molecule has 1 aliphatic carbocycles. The quantitative estimate of drug-likeness (QED) is 0.390. The smallest absolute Gasteiger partial charge is 0.326 e. The van der Waals surface area contributed by atoms with Gasteiger partial charge in [-0.25, -0.2) is 13.4 Å². The summed E-state index contributed by atoms with van der Waals surface area (Å²) < 4.78 is 57.9. The molecule has 1 heterocycles. The Morgan fingerprint density at radius 2 is 1.93 bits per heavy atom. The molecule has 0 saturated carbocycles. The van der Waals surface area contributed by atoms with Gasteiger partial charge in [-0.05, 0) is 30.0 Å². The van der Waals surface area contributed by atoms with Crippen LogP contribution in [0.25, 0.3) is 0 Å². The molecule has 0 radical (unpaired) electrons. The number of benzene rings is 1. The second-order valence-electron chi connectivity index (χ2n) is 6.41. The molecule has 0 atom stereocenters. The lowest BCUT2D eigenvalue weighted by molar-refractivity contribution is -0.119. The molecule has 1 N–H and O–H groups in total. The summed E-state index contributed by atoms with van der Waals surface area (Å²) in [5.74, 6) is -1.64. The van der Waals surface area contributed by atoms with Crippen LogP contribution >= 0.6 is 0 Å². The van der Waals surface area contributed by atoms with Gasteiger partial charge in [0.05, 0.1) is 13.2 Å². The van der Waals surface area contributed by atoms with E-state index in [4.69, 9.17) is 14.2 Å². The van der Waals surface area contributed by atoms with Gasteiger partial charge in [-0.1, -0.05) is 0 Å². The molecule has 9 nitrogen and oxygen atoms in total. The van der Waals surface area contributed by atoms with E-state index in [1.54, 1.807) is 0 Å². The molecule has 0 unspecified atom stereocenters. The summed E-state index contributed by atoms with van der Waals surface area (Å²) in [6.07, 6.45) is 0.939. The van der Waals surface area contributed by atoms with Gasteiger partial charge in [0.15, 0.2) is 12.6 Å². The number of nitrogens with zero attached hydrogens (tertiary/aromatic N) is 1. The summed E-state index contributed by atoms with van der Waals surface area (Å²) >= 11 is 0. The summed E-state index contributed by atoms with van der Waals surface area (Å²) in [5, 5.41) is 0. The number of hydrogen-bond donors (Lipinski definition) is 1. The van der Waals surface area contributed by atoms with Gasteiger partial charge in [-0.2, -0.15) is 8.42 Å². The van der Waals surface area contributed by atoms with Crippen LogP contribution in [0.3, 0.4) is 0 Å². The number of ether oxygens (including phenoxy) is 3. The lowest BCUT2D eigenvalue weighted by Crippen LogP contribution is -2.31. The SMILES string of the molecule is COCCOCOc1cc2c(c(F)c1N1CC(=O)NS1(=O)=O)CCC(=O)CC2. The topological polar surface area (TPSA) is 111 Å². The number of carbonyl (C=O) groups is 2. The molecule has 11 heteroatoms. The number of Topliss-reactive ketones (excluding diaryl/α,β-unsaturated/α-hetero) is 1. The summed E-state index contributed by atoms with van der Waals surface area (Å²) in [6, 6.07) is 1.52. The van der Waals surface area contributed by atoms with Gasteiger partial charge in [0.2, 0.25) is 0 Å². The largest absolute Gasteiger partial charge is 0.465 e. The van der Waals surface area contributed by atoms with Gasteiger partial charge >= 0.3 is 10.2 Å². The predicted molar refractivity (Wildman–Crippen MR) is 95.8 cm³/mol. The number of aryl methyl sites for hydroxylation is 1. The summed E-state index contributed by atoms with van der Waals surface area (Å²) in [5.41, 5.74) is 0.486. The Bertz CT molecular complexity index is 888. The third-order valence-electron chi connectivity index (χ3n) is 4.53. The van der Waals surface area contributed by atoms with Crippen LogP contribution in [-0.2, 0) is 42.1 Å². The molecule has 154 valence electrons. The van der Waals surface area contributed by atoms with Crippen LogP contribution in [0.5, 0.6) is 5.75 Å². The lowest BCUT2D eigenvalue weighted by atomic mass is 10.0. The molecule has 0 aromatic heterocycles. The Hall–Kier alpha value is -2.24. The Morgan fingerprint density at radius 3 is 2.61 bits per heavy atom. The number of ketones is 1. The van der Waals surface area contributed by atoms with Crippen LogP contribution in [0.1, 0.15) is 24.0 Å². The minimum absolute atomic E-state index is 0.00755. The first-order chi connectivity index (χ1) is 13.3. The van der Waals surface area contributed by atoms with Crippen molar-refractivity contribution in [3.8, 4) is 5.75 Å². The molecule has 1 aliphatic heterocycles. The second-order valence-corrected chi connectivity index (χ2v) is 8.01. The predicted octanol–water partition coefficient (Wildman–Crippen LogP) is 0.454. The Morgan fingerprint density at radius 1 is 1.18 bits per heavy atom. The van der Waals surface area contributed by atoms with Crippen molar-refractivity contribution in [2.45, 2.75) is 25.7 Å². The van der Waals surface area contributed by atoms with Crippen molar-refractivity contribution >= 4 is 27.6 Å². The molecule has 1 fully saturated rings. The molecule has 3 rings (SSSR count). The van der Waals surface area contributed by atoms with Crippen molar-refractivity contribution in [3.05, 3.63) is 23.0 Å². The molecule has 0 spiro atoms. The van der Waals surface area contributed by atoms with E-state index in [2.05, 4.69) is 0 Å². The van der Waals surface area contributed by atoms with Crippen LogP contribution in [0.15, 0.2) is 6.07 Å². The molecular formula is C17H21FN2O7S. The minimum Gasteiger partial charge on any atom is -0.465 e. The average molecular weight is 416 g/mol. The van der Waals surface area contributed by atoms with Crippen LogP contribution in [0.4, 0.5) is 10.1 Å². The van der Waals surface area contributed by atoms with Crippen LogP contribution < -0.4 is 13.8 Å². The minimum atomic E-state index is -4.23. The zero-order valence-corrected chi connectivity index (χ0v) is 16.1. The van der Waals surface area contributed by atoms with Gasteiger partial charge in [0.1, 0.15) is 23.8 Å². The highest BCUT2D eigenvalue weighted by Crippen LogP contribution is 2.39. The fourth-order valence-corrected chi connectivity index (χ4v) is 4.32. The molecular weight excluding hydrogens is 395 g/mol. The van der Waals surface area contributed by atoms with E-state index in [1.807, 2.05) is 4.72 Å². The van der Waals surface area contributed by atoms with Crippen LogP contribution in [0.2, 0.25) is 0 Å². The number of anilines is 1. The Balaban J connectivity index is 1.99. The lowest BCUT2D eigenvalue weighted by Gasteiger charge is -2.22. The van der Waals surface area contributed by atoms with Crippen molar-refractivity contribution < 1.29 is 36.6 Å². The third-order valence-corrected chi connectivity index (χ3v) is 5.90. The van der Waals surface area contributed by atoms with E-state index >= 15 is 4.39 Å². The van der Waals surface area contributed by atoms with Crippen molar-refractivity contribution in [2.24, 2.45) is 0 Å². The van der Waals surface area contributed by atoms with Crippen molar-refractivity contribution in [1.82, 2.24) is 4.72 Å². The zero-order valence-electron chi connectivity index (χ0n) is 15.3. The fraction of sp³-hybridized carbons (Fsp3) is 0.529. The van der Waals surface area contributed by atoms with Crippen LogP contribution in [0, 0.1) is 5.82 Å². The standard InChI is InChI=1S/C17H21FN2O7S/c1-25-6-7-26-10-27-14-8-11-2-3-12(21)4-5-13(11)16(18)17(14)20-9-15(22)19-28(20,23)24/h8H,2-7,9-10H2,1H3,(H,19,22). The first-order valence-electron chi connectivity index (χ1n) is 8.72. The number of fused-ring (bicyclic) bond motifs is 1. The second kappa shape index (κ2) is 8.41. The summed E-state index contributed by atoms with van der Waals surface area (Å²) in [4.78, 5) is 23.4. The molecule has 1 aromatic rings. The van der Waals surface area contributed by atoms with Crippen molar-refractivity contribution in [3.63, 3.8) is 0 Å². The molecule has 2 aliphatic rings. The summed E-state index contributed by atoms with van der Waals surface area (Å²) in [6.45, 7) is -0.258. The highest BCUT2D eigenvalue weighted by Gasteiger charge is 2.39. The molecule has 1 aromatic carbocycles. The summed E-state index contributed by atoms with van der Waals surface area (Å²) in [7, 11) is -2.73.